The van der Waals surface area contributed by atoms with Gasteiger partial charge in [0.15, 0.2) is 0 Å². The molecule has 8 heteroatoms. The van der Waals surface area contributed by atoms with Crippen LogP contribution in [0.25, 0.3) is 0 Å². The zero-order chi connectivity index (χ0) is 8.65. The highest BCUT2D eigenvalue weighted by Crippen LogP contribution is 2.33. The highest BCUT2D eigenvalue weighted by molar-refractivity contribution is 7.86. The Morgan fingerprint density at radius 2 is 1.92 bits per heavy atom. The zero-order valence-electron chi connectivity index (χ0n) is 5.32. The molecular formula is C4H3Cl2FO3S2. The summed E-state index contributed by atoms with van der Waals surface area (Å²) in [7, 11) is -4.22. The minimum atomic E-state index is -4.22. The van der Waals surface area contributed by atoms with Crippen LogP contribution in [-0.2, 0) is 10.1 Å². The van der Waals surface area contributed by atoms with Crippen molar-refractivity contribution in [2.75, 3.05) is 0 Å². The van der Waals surface area contributed by atoms with Gasteiger partial charge in [-0.3, -0.25) is 9.26 Å². The second-order valence-electron chi connectivity index (χ2n) is 1.66. The SMILES string of the molecule is F.O=S(=O)(O)c1cc(Cl)sc1Cl. The highest BCUT2D eigenvalue weighted by Gasteiger charge is 2.17. The van der Waals surface area contributed by atoms with Crippen molar-refractivity contribution in [1.82, 2.24) is 0 Å². The van der Waals surface area contributed by atoms with Crippen molar-refractivity contribution in [1.29, 1.82) is 0 Å². The normalized spacial score (nSPS) is 10.9. The zero-order valence-corrected chi connectivity index (χ0v) is 8.47. The first-order valence-electron chi connectivity index (χ1n) is 2.33. The van der Waals surface area contributed by atoms with Crippen LogP contribution < -0.4 is 0 Å². The standard InChI is InChI=1S/C4H2Cl2O3S2.FH/c5-3-1-2(4(6)10-3)11(7,8)9;/h1H,(H,7,8,9);1H. The molecule has 0 aliphatic rings. The molecule has 0 fully saturated rings. The van der Waals surface area contributed by atoms with Gasteiger partial charge in [0.1, 0.15) is 9.23 Å². The average molecular weight is 253 g/mol. The van der Waals surface area contributed by atoms with E-state index in [1.807, 2.05) is 0 Å². The molecule has 0 aliphatic carbocycles. The Morgan fingerprint density at radius 1 is 1.42 bits per heavy atom. The van der Waals surface area contributed by atoms with E-state index in [0.717, 1.165) is 17.4 Å². The summed E-state index contributed by atoms with van der Waals surface area (Å²) in [5, 5.41) is 0. The van der Waals surface area contributed by atoms with Gasteiger partial charge in [0.05, 0.1) is 4.34 Å². The van der Waals surface area contributed by atoms with E-state index in [-0.39, 0.29) is 18.3 Å². The van der Waals surface area contributed by atoms with Crippen LogP contribution in [0.15, 0.2) is 11.0 Å². The molecule has 0 atom stereocenters. The molecule has 0 saturated heterocycles. The van der Waals surface area contributed by atoms with Gasteiger partial charge in [-0.05, 0) is 6.07 Å². The molecule has 3 nitrogen and oxygen atoms in total. The molecule has 1 rings (SSSR count). The summed E-state index contributed by atoms with van der Waals surface area (Å²) >= 11 is 11.7. The highest BCUT2D eigenvalue weighted by atomic mass is 35.5. The Balaban J connectivity index is 0.00000121. The Morgan fingerprint density at radius 3 is 2.08 bits per heavy atom. The molecule has 0 spiro atoms. The molecule has 1 N–H and O–H groups in total. The molecule has 0 saturated carbocycles. The number of thiophene rings is 1. The lowest BCUT2D eigenvalue weighted by atomic mass is 10.7. The van der Waals surface area contributed by atoms with Crippen molar-refractivity contribution in [2.45, 2.75) is 4.90 Å². The molecule has 0 aliphatic heterocycles. The molecule has 0 bridgehead atoms. The number of hydrogen-bond donors (Lipinski definition) is 1. The van der Waals surface area contributed by atoms with Crippen molar-refractivity contribution >= 4 is 44.7 Å². The van der Waals surface area contributed by atoms with E-state index in [1.165, 1.54) is 0 Å². The Bertz CT molecular complexity index is 372. The van der Waals surface area contributed by atoms with Crippen molar-refractivity contribution in [3.05, 3.63) is 14.7 Å². The average Bonchev–Trinajstić information content (AvgIpc) is 2.08. The van der Waals surface area contributed by atoms with Crippen LogP contribution in [-0.4, -0.2) is 13.0 Å². The summed E-state index contributed by atoms with van der Waals surface area (Å²) in [6.07, 6.45) is 0. The van der Waals surface area contributed by atoms with Crippen LogP contribution in [0.4, 0.5) is 4.70 Å². The number of hydrogen-bond acceptors (Lipinski definition) is 3. The maximum Gasteiger partial charge on any atom is 0.296 e. The van der Waals surface area contributed by atoms with Gasteiger partial charge < -0.3 is 0 Å². The van der Waals surface area contributed by atoms with Crippen molar-refractivity contribution in [2.24, 2.45) is 0 Å². The molecular weight excluding hydrogens is 250 g/mol. The Labute approximate surface area is 82.0 Å². The lowest BCUT2D eigenvalue weighted by Crippen LogP contribution is -1.95. The Kier molecular flexibility index (Phi) is 3.92. The van der Waals surface area contributed by atoms with E-state index in [2.05, 4.69) is 0 Å². The predicted octanol–water partition coefficient (Wildman–Crippen LogP) is 2.45. The quantitative estimate of drug-likeness (QED) is 0.782. The van der Waals surface area contributed by atoms with E-state index in [1.54, 1.807) is 0 Å². The maximum atomic E-state index is 10.5. The molecule has 1 aromatic rings. The fourth-order valence-corrected chi connectivity index (χ4v) is 3.11. The number of halogens is 3. The molecule has 0 aromatic carbocycles. The van der Waals surface area contributed by atoms with Crippen LogP contribution in [0.5, 0.6) is 0 Å². The van der Waals surface area contributed by atoms with Crippen molar-refractivity contribution in [3.8, 4) is 0 Å². The van der Waals surface area contributed by atoms with E-state index in [9.17, 15) is 8.42 Å². The van der Waals surface area contributed by atoms with Crippen LogP contribution >= 0.6 is 34.5 Å². The van der Waals surface area contributed by atoms with Gasteiger partial charge in [0.2, 0.25) is 0 Å². The smallest absolute Gasteiger partial charge is 0.282 e. The second-order valence-corrected chi connectivity index (χ2v) is 5.34. The van der Waals surface area contributed by atoms with Gasteiger partial charge in [-0.2, -0.15) is 8.42 Å². The minimum absolute atomic E-state index is 0. The third-order valence-electron chi connectivity index (χ3n) is 0.903. The van der Waals surface area contributed by atoms with Gasteiger partial charge in [-0.15, -0.1) is 11.3 Å². The lowest BCUT2D eigenvalue weighted by Gasteiger charge is -1.89. The second kappa shape index (κ2) is 3.89. The van der Waals surface area contributed by atoms with Gasteiger partial charge >= 0.3 is 0 Å². The summed E-state index contributed by atoms with van der Waals surface area (Å²) in [4.78, 5) is -0.339. The molecule has 0 radical (unpaired) electrons. The fourth-order valence-electron chi connectivity index (χ4n) is 0.501. The van der Waals surface area contributed by atoms with Crippen LogP contribution in [0.3, 0.4) is 0 Å². The van der Waals surface area contributed by atoms with Crippen LogP contribution in [0, 0.1) is 0 Å². The van der Waals surface area contributed by atoms with Crippen LogP contribution in [0.2, 0.25) is 8.67 Å². The first kappa shape index (κ1) is 12.1. The molecule has 0 unspecified atom stereocenters. The van der Waals surface area contributed by atoms with E-state index in [0.29, 0.717) is 0 Å². The summed E-state index contributed by atoms with van der Waals surface area (Å²) in [5.41, 5.74) is 0. The molecule has 1 heterocycles. The fraction of sp³-hybridized carbons (Fsp3) is 0. The van der Waals surface area contributed by atoms with Gasteiger partial charge in [0.25, 0.3) is 10.1 Å². The van der Waals surface area contributed by atoms with Crippen molar-refractivity contribution < 1.29 is 17.7 Å². The third-order valence-corrected chi connectivity index (χ3v) is 3.51. The molecule has 70 valence electrons. The molecule has 1 aromatic heterocycles. The predicted molar refractivity (Wildman–Crippen MR) is 46.7 cm³/mol. The Hall–Kier alpha value is 0.120. The largest absolute Gasteiger partial charge is 0.296 e. The van der Waals surface area contributed by atoms with E-state index >= 15 is 0 Å². The summed E-state index contributed by atoms with van der Waals surface area (Å²) < 4.78 is 29.7. The van der Waals surface area contributed by atoms with Gasteiger partial charge in [-0.25, -0.2) is 0 Å². The monoisotopic (exact) mass is 252 g/mol. The summed E-state index contributed by atoms with van der Waals surface area (Å²) in [6, 6.07) is 1.10. The lowest BCUT2D eigenvalue weighted by molar-refractivity contribution is 0.483. The van der Waals surface area contributed by atoms with Crippen LogP contribution in [0.1, 0.15) is 0 Å². The number of rotatable bonds is 1. The van der Waals surface area contributed by atoms with E-state index in [4.69, 9.17) is 27.8 Å². The van der Waals surface area contributed by atoms with Crippen molar-refractivity contribution in [3.63, 3.8) is 0 Å². The first-order valence-corrected chi connectivity index (χ1v) is 5.35. The van der Waals surface area contributed by atoms with Gasteiger partial charge in [-0.1, -0.05) is 23.2 Å². The topological polar surface area (TPSA) is 54.4 Å². The summed E-state index contributed by atoms with van der Waals surface area (Å²) in [6.45, 7) is 0. The molecule has 0 amide bonds. The van der Waals surface area contributed by atoms with Gasteiger partial charge in [0, 0.05) is 0 Å². The minimum Gasteiger partial charge on any atom is -0.282 e. The first-order chi connectivity index (χ1) is 4.91. The maximum absolute atomic E-state index is 10.5. The molecule has 12 heavy (non-hydrogen) atoms. The van der Waals surface area contributed by atoms with E-state index < -0.39 is 10.1 Å². The summed E-state index contributed by atoms with van der Waals surface area (Å²) in [5.74, 6) is 0. The third kappa shape index (κ3) is 2.56.